The number of benzene rings is 2. The van der Waals surface area contributed by atoms with Gasteiger partial charge in [0, 0.05) is 26.2 Å². The summed E-state index contributed by atoms with van der Waals surface area (Å²) < 4.78 is 29.6. The molecule has 32 heavy (non-hydrogen) atoms. The Labute approximate surface area is 186 Å². The van der Waals surface area contributed by atoms with Gasteiger partial charge >= 0.3 is 0 Å². The van der Waals surface area contributed by atoms with Gasteiger partial charge in [-0.1, -0.05) is 41.1 Å². The molecule has 1 aliphatic heterocycles. The van der Waals surface area contributed by atoms with Gasteiger partial charge in [0.25, 0.3) is 0 Å². The summed E-state index contributed by atoms with van der Waals surface area (Å²) in [6.45, 7) is 5.55. The number of aryl methyl sites for hydroxylation is 2. The standard InChI is InChI=1S/C22H23N7O2S/c1-16-8-9-19(17(2)14-16)32(30,31)28-12-10-27(11-13-28)21-20-22(24-15-23-21)29(26-25-20)18-6-4-3-5-7-18/h3-9,14-15H,10-13H2,1-2H3. The molecule has 1 saturated heterocycles. The topological polar surface area (TPSA) is 97.1 Å². The van der Waals surface area contributed by atoms with Gasteiger partial charge in [-0.3, -0.25) is 0 Å². The molecule has 164 valence electrons. The summed E-state index contributed by atoms with van der Waals surface area (Å²) in [6.07, 6.45) is 1.50. The predicted octanol–water partition coefficient (Wildman–Crippen LogP) is 2.34. The molecule has 2 aromatic heterocycles. The number of anilines is 1. The second kappa shape index (κ2) is 7.95. The molecule has 0 saturated carbocycles. The number of nitrogens with zero attached hydrogens (tertiary/aromatic N) is 7. The zero-order chi connectivity index (χ0) is 22.3. The Morgan fingerprint density at radius 2 is 1.66 bits per heavy atom. The number of hydrogen-bond acceptors (Lipinski definition) is 7. The zero-order valence-corrected chi connectivity index (χ0v) is 18.7. The van der Waals surface area contributed by atoms with Gasteiger partial charge in [-0.15, -0.1) is 5.10 Å². The van der Waals surface area contributed by atoms with Gasteiger partial charge in [0.15, 0.2) is 17.0 Å². The van der Waals surface area contributed by atoms with Crippen LogP contribution in [0.2, 0.25) is 0 Å². The Morgan fingerprint density at radius 3 is 2.38 bits per heavy atom. The summed E-state index contributed by atoms with van der Waals surface area (Å²) in [5.41, 5.74) is 3.89. The molecule has 9 nitrogen and oxygen atoms in total. The number of para-hydroxylation sites is 1. The number of sulfonamides is 1. The smallest absolute Gasteiger partial charge is 0.243 e. The van der Waals surface area contributed by atoms with Crippen LogP contribution in [-0.4, -0.2) is 63.9 Å². The summed E-state index contributed by atoms with van der Waals surface area (Å²) >= 11 is 0. The minimum atomic E-state index is -3.55. The Kier molecular flexibility index (Phi) is 5.10. The molecule has 0 N–H and O–H groups in total. The normalized spacial score (nSPS) is 15.4. The fourth-order valence-electron chi connectivity index (χ4n) is 4.08. The maximum atomic E-state index is 13.2. The maximum absolute atomic E-state index is 13.2. The molecular weight excluding hydrogens is 426 g/mol. The predicted molar refractivity (Wildman–Crippen MR) is 121 cm³/mol. The van der Waals surface area contributed by atoms with Crippen molar-refractivity contribution in [3.8, 4) is 5.69 Å². The summed E-state index contributed by atoms with van der Waals surface area (Å²) in [6, 6.07) is 15.1. The van der Waals surface area contributed by atoms with E-state index in [1.165, 1.54) is 6.33 Å². The number of piperazine rings is 1. The highest BCUT2D eigenvalue weighted by Crippen LogP contribution is 2.26. The number of rotatable bonds is 4. The van der Waals surface area contributed by atoms with E-state index in [9.17, 15) is 8.42 Å². The van der Waals surface area contributed by atoms with Gasteiger partial charge in [0.2, 0.25) is 10.0 Å². The molecule has 2 aromatic carbocycles. The van der Waals surface area contributed by atoms with Gasteiger partial charge < -0.3 is 4.90 Å². The zero-order valence-electron chi connectivity index (χ0n) is 17.9. The van der Waals surface area contributed by atoms with Crippen LogP contribution >= 0.6 is 0 Å². The van der Waals surface area contributed by atoms with E-state index < -0.39 is 10.0 Å². The summed E-state index contributed by atoms with van der Waals surface area (Å²) in [5, 5.41) is 8.58. The fourth-order valence-corrected chi connectivity index (χ4v) is 5.71. The van der Waals surface area contributed by atoms with Gasteiger partial charge in [-0.05, 0) is 37.6 Å². The van der Waals surface area contributed by atoms with Gasteiger partial charge in [0.05, 0.1) is 10.6 Å². The Morgan fingerprint density at radius 1 is 0.906 bits per heavy atom. The van der Waals surface area contributed by atoms with Crippen LogP contribution in [0.1, 0.15) is 11.1 Å². The summed E-state index contributed by atoms with van der Waals surface area (Å²) in [5.74, 6) is 0.667. The van der Waals surface area contributed by atoms with Gasteiger partial charge in [-0.25, -0.2) is 18.4 Å². The molecule has 0 amide bonds. The van der Waals surface area contributed by atoms with Gasteiger partial charge in [-0.2, -0.15) is 8.99 Å². The van der Waals surface area contributed by atoms with E-state index in [4.69, 9.17) is 0 Å². The Hall–Kier alpha value is -3.37. The monoisotopic (exact) mass is 449 g/mol. The van der Waals surface area contributed by atoms with Crippen molar-refractivity contribution < 1.29 is 8.42 Å². The highest BCUT2D eigenvalue weighted by Gasteiger charge is 2.31. The molecule has 0 aliphatic carbocycles. The first kappa shape index (κ1) is 20.5. The van der Waals surface area contributed by atoms with Crippen molar-refractivity contribution in [3.05, 3.63) is 66.0 Å². The van der Waals surface area contributed by atoms with Crippen LogP contribution in [0, 0.1) is 13.8 Å². The molecule has 0 radical (unpaired) electrons. The fraction of sp³-hybridized carbons (Fsp3) is 0.273. The second-order valence-corrected chi connectivity index (χ2v) is 9.77. The maximum Gasteiger partial charge on any atom is 0.243 e. The van der Waals surface area contributed by atoms with E-state index in [1.807, 2.05) is 61.2 Å². The van der Waals surface area contributed by atoms with E-state index in [0.29, 0.717) is 48.1 Å². The molecule has 10 heteroatoms. The molecular formula is C22H23N7O2S. The van der Waals surface area contributed by atoms with Crippen LogP contribution in [0.4, 0.5) is 5.82 Å². The average molecular weight is 450 g/mol. The molecule has 1 aliphatic rings. The molecule has 1 fully saturated rings. The largest absolute Gasteiger partial charge is 0.352 e. The summed E-state index contributed by atoms with van der Waals surface area (Å²) in [7, 11) is -3.55. The first-order valence-electron chi connectivity index (χ1n) is 10.4. The first-order valence-corrected chi connectivity index (χ1v) is 11.8. The lowest BCUT2D eigenvalue weighted by atomic mass is 10.2. The van der Waals surface area contributed by atoms with Crippen LogP contribution < -0.4 is 4.90 Å². The average Bonchev–Trinajstić information content (AvgIpc) is 3.24. The first-order chi connectivity index (χ1) is 15.4. The Balaban J connectivity index is 1.39. The van der Waals surface area contributed by atoms with Crippen molar-refractivity contribution in [3.63, 3.8) is 0 Å². The summed E-state index contributed by atoms with van der Waals surface area (Å²) in [4.78, 5) is 11.2. The minimum Gasteiger partial charge on any atom is -0.352 e. The molecule has 5 rings (SSSR count). The molecule has 4 aromatic rings. The van der Waals surface area contributed by atoms with Crippen LogP contribution in [0.3, 0.4) is 0 Å². The van der Waals surface area contributed by atoms with Crippen LogP contribution in [0.5, 0.6) is 0 Å². The SMILES string of the molecule is Cc1ccc(S(=O)(=O)N2CCN(c3ncnc4c3nnn4-c3ccccc3)CC2)c(C)c1. The van der Waals surface area contributed by atoms with E-state index in [1.54, 1.807) is 15.1 Å². The van der Waals surface area contributed by atoms with Crippen LogP contribution in [0.25, 0.3) is 16.9 Å². The lowest BCUT2D eigenvalue weighted by Gasteiger charge is -2.34. The van der Waals surface area contributed by atoms with Crippen LogP contribution in [0.15, 0.2) is 59.8 Å². The van der Waals surface area contributed by atoms with Crippen molar-refractivity contribution >= 4 is 27.0 Å². The van der Waals surface area contributed by atoms with Crippen molar-refractivity contribution in [1.29, 1.82) is 0 Å². The minimum absolute atomic E-state index is 0.367. The quantitative estimate of drug-likeness (QED) is 0.472. The Bertz CT molecular complexity index is 1380. The number of hydrogen-bond donors (Lipinski definition) is 0. The highest BCUT2D eigenvalue weighted by molar-refractivity contribution is 7.89. The molecule has 0 unspecified atom stereocenters. The molecule has 0 spiro atoms. The third-order valence-electron chi connectivity index (χ3n) is 5.71. The lowest BCUT2D eigenvalue weighted by Crippen LogP contribution is -2.49. The molecule has 0 atom stereocenters. The second-order valence-electron chi connectivity index (χ2n) is 7.87. The van der Waals surface area contributed by atoms with E-state index in [0.717, 1.165) is 16.8 Å². The highest BCUT2D eigenvalue weighted by atomic mass is 32.2. The van der Waals surface area contributed by atoms with Crippen molar-refractivity contribution in [2.24, 2.45) is 0 Å². The molecule has 0 bridgehead atoms. The van der Waals surface area contributed by atoms with E-state index >= 15 is 0 Å². The number of aromatic nitrogens is 5. The third-order valence-corrected chi connectivity index (χ3v) is 7.76. The number of fused-ring (bicyclic) bond motifs is 1. The molecule has 3 heterocycles. The van der Waals surface area contributed by atoms with Crippen molar-refractivity contribution in [2.75, 3.05) is 31.1 Å². The third kappa shape index (κ3) is 3.51. The van der Waals surface area contributed by atoms with E-state index in [2.05, 4.69) is 20.3 Å². The van der Waals surface area contributed by atoms with Crippen LogP contribution in [-0.2, 0) is 10.0 Å². The van der Waals surface area contributed by atoms with E-state index in [-0.39, 0.29) is 0 Å². The van der Waals surface area contributed by atoms with Crippen molar-refractivity contribution in [1.82, 2.24) is 29.3 Å². The van der Waals surface area contributed by atoms with Crippen molar-refractivity contribution in [2.45, 2.75) is 18.7 Å². The van der Waals surface area contributed by atoms with Gasteiger partial charge in [0.1, 0.15) is 6.33 Å². The lowest BCUT2D eigenvalue weighted by molar-refractivity contribution is 0.384.